The van der Waals surface area contributed by atoms with Gasteiger partial charge in [0.15, 0.2) is 24.1 Å². The monoisotopic (exact) mass is 489 g/mol. The third-order valence-electron chi connectivity index (χ3n) is 5.01. The molecule has 0 radical (unpaired) electrons. The lowest BCUT2D eigenvalue weighted by Gasteiger charge is -2.50. The van der Waals surface area contributed by atoms with Crippen molar-refractivity contribution >= 4 is 51.9 Å². The van der Waals surface area contributed by atoms with Crippen molar-refractivity contribution in [3.8, 4) is 0 Å². The number of nitrogens with zero attached hydrogens (tertiary/aromatic N) is 5. The number of nitrogens with two attached hydrogens (primary N) is 1. The number of fused-ring (bicyclic) bond motifs is 1. The van der Waals surface area contributed by atoms with Crippen molar-refractivity contribution in [2.24, 2.45) is 5.16 Å². The number of hydrogen-bond acceptors (Lipinski definition) is 11. The smallest absolute Gasteiger partial charge is 0.278 e. The van der Waals surface area contributed by atoms with Gasteiger partial charge in [0.25, 0.3) is 11.8 Å². The van der Waals surface area contributed by atoms with Gasteiger partial charge in [-0.25, -0.2) is 4.57 Å². The largest absolute Gasteiger partial charge is 0.543 e. The molecule has 14 heteroatoms. The zero-order chi connectivity index (χ0) is 23.7. The Morgan fingerprint density at radius 2 is 2.15 bits per heavy atom. The van der Waals surface area contributed by atoms with Gasteiger partial charge in [-0.05, 0) is 12.5 Å². The van der Waals surface area contributed by atoms with E-state index < -0.39 is 29.2 Å². The highest BCUT2D eigenvalue weighted by Crippen LogP contribution is 2.40. The number of amides is 2. The Morgan fingerprint density at radius 3 is 2.76 bits per heavy atom. The second kappa shape index (κ2) is 9.15. The third-order valence-corrected chi connectivity index (χ3v) is 6.89. The molecule has 1 unspecified atom stereocenters. The minimum Gasteiger partial charge on any atom is -0.543 e. The molecule has 172 valence electrons. The fraction of sp³-hybridized carbons (Fsp3) is 0.316. The van der Waals surface area contributed by atoms with Crippen molar-refractivity contribution in [3.63, 3.8) is 0 Å². The highest BCUT2D eigenvalue weighted by molar-refractivity contribution is 8.00. The molecule has 2 atom stereocenters. The van der Waals surface area contributed by atoms with Crippen LogP contribution in [-0.4, -0.2) is 62.0 Å². The summed E-state index contributed by atoms with van der Waals surface area (Å²) in [6.07, 6.45) is 3.67. The first-order valence-corrected chi connectivity index (χ1v) is 11.5. The van der Waals surface area contributed by atoms with Gasteiger partial charge < -0.3 is 25.8 Å². The number of carboxylic acid groups (broad SMARTS) is 1. The maximum absolute atomic E-state index is 12.9. The van der Waals surface area contributed by atoms with Gasteiger partial charge in [-0.3, -0.25) is 14.5 Å². The van der Waals surface area contributed by atoms with Crippen LogP contribution < -0.4 is 20.7 Å². The molecule has 3 N–H and O–H groups in total. The Kier molecular flexibility index (Phi) is 6.29. The van der Waals surface area contributed by atoms with Crippen molar-refractivity contribution in [3.05, 3.63) is 47.2 Å². The van der Waals surface area contributed by atoms with Gasteiger partial charge in [0, 0.05) is 35.0 Å². The van der Waals surface area contributed by atoms with Crippen LogP contribution >= 0.6 is 23.3 Å². The summed E-state index contributed by atoms with van der Waals surface area (Å²) in [7, 11) is 1.25. The van der Waals surface area contributed by atoms with E-state index in [1.807, 2.05) is 36.0 Å². The zero-order valence-corrected chi connectivity index (χ0v) is 19.2. The Morgan fingerprint density at radius 1 is 1.42 bits per heavy atom. The van der Waals surface area contributed by atoms with Crippen molar-refractivity contribution in [2.45, 2.75) is 24.9 Å². The predicted molar refractivity (Wildman–Crippen MR) is 116 cm³/mol. The van der Waals surface area contributed by atoms with Crippen LogP contribution in [0, 0.1) is 6.92 Å². The van der Waals surface area contributed by atoms with Gasteiger partial charge in [0.05, 0.1) is 11.7 Å². The molecule has 0 aliphatic carbocycles. The number of carbonyl (C=O) groups is 3. The summed E-state index contributed by atoms with van der Waals surface area (Å²) in [6.45, 7) is 2.25. The summed E-state index contributed by atoms with van der Waals surface area (Å²) >= 11 is 2.23. The molecule has 4 rings (SSSR count). The number of carboxylic acids is 1. The van der Waals surface area contributed by atoms with Crippen LogP contribution in [0.5, 0.6) is 0 Å². The average molecular weight is 490 g/mol. The van der Waals surface area contributed by atoms with Crippen LogP contribution in [0.2, 0.25) is 0 Å². The maximum Gasteiger partial charge on any atom is 0.278 e. The number of aryl methyl sites for hydroxylation is 1. The molecular formula is C19H19N7O5S2. The SMILES string of the molecule is CON=C(C(=O)NC1C(=O)N2C(C(=O)[O-])=C(C[n+]3ccc(C)cc3)CS[C@H]12)c1nsc(N)n1. The molecule has 2 aromatic heterocycles. The number of hydrogen-bond donors (Lipinski definition) is 2. The first-order valence-electron chi connectivity index (χ1n) is 9.65. The number of anilines is 1. The van der Waals surface area contributed by atoms with E-state index in [9.17, 15) is 19.5 Å². The molecule has 2 aliphatic heterocycles. The Bertz CT molecular complexity index is 1180. The lowest BCUT2D eigenvalue weighted by molar-refractivity contribution is -0.689. The highest BCUT2D eigenvalue weighted by Gasteiger charge is 2.53. The predicted octanol–water partition coefficient (Wildman–Crippen LogP) is -1.83. The van der Waals surface area contributed by atoms with Crippen LogP contribution in [-0.2, 0) is 25.8 Å². The molecule has 0 aromatic carbocycles. The second-order valence-corrected chi connectivity index (χ2v) is 9.12. The van der Waals surface area contributed by atoms with Crippen LogP contribution in [0.3, 0.4) is 0 Å². The van der Waals surface area contributed by atoms with Crippen molar-refractivity contribution < 1.29 is 28.9 Å². The molecule has 4 heterocycles. The summed E-state index contributed by atoms with van der Waals surface area (Å²) in [5.74, 6) is -2.43. The lowest BCUT2D eigenvalue weighted by atomic mass is 10.0. The van der Waals surface area contributed by atoms with Gasteiger partial charge in [0.1, 0.15) is 18.5 Å². The Balaban J connectivity index is 1.53. The van der Waals surface area contributed by atoms with Gasteiger partial charge in [0.2, 0.25) is 11.5 Å². The standard InChI is InChI=1S/C19H19N7O5S2/c1-9-3-5-25(6-4-9)7-10-8-32-17-12(16(28)26(17)13(10)18(29)30)21-15(27)11(23-31-2)14-22-19(20)33-24-14/h3-6,12,17H,7-8H2,1-2H3,(H3-,20,21,22,24,27,29,30)/t12?,17-/m1/s1. The van der Waals surface area contributed by atoms with Crippen molar-refractivity contribution in [1.29, 1.82) is 0 Å². The van der Waals surface area contributed by atoms with Crippen LogP contribution in [0.1, 0.15) is 11.4 Å². The molecule has 0 saturated carbocycles. The van der Waals surface area contributed by atoms with Gasteiger partial charge in [-0.1, -0.05) is 5.16 Å². The molecule has 1 fully saturated rings. The number of nitrogen functional groups attached to an aromatic ring is 1. The van der Waals surface area contributed by atoms with E-state index in [0.29, 0.717) is 17.9 Å². The summed E-state index contributed by atoms with van der Waals surface area (Å²) < 4.78 is 5.76. The third kappa shape index (κ3) is 4.39. The molecule has 0 bridgehead atoms. The van der Waals surface area contributed by atoms with Gasteiger partial charge in [-0.15, -0.1) is 11.8 Å². The highest BCUT2D eigenvalue weighted by atomic mass is 32.2. The molecular weight excluding hydrogens is 470 g/mol. The molecule has 12 nitrogen and oxygen atoms in total. The molecule has 33 heavy (non-hydrogen) atoms. The van der Waals surface area contributed by atoms with Crippen molar-refractivity contribution in [1.82, 2.24) is 19.6 Å². The average Bonchev–Trinajstić information content (AvgIpc) is 3.22. The fourth-order valence-corrected chi connectivity index (χ4v) is 5.24. The quantitative estimate of drug-likeness (QED) is 0.197. The zero-order valence-electron chi connectivity index (χ0n) is 17.5. The summed E-state index contributed by atoms with van der Waals surface area (Å²) in [6, 6.07) is 2.86. The van der Waals surface area contributed by atoms with E-state index in [0.717, 1.165) is 22.0 Å². The molecule has 2 aliphatic rings. The first kappa shape index (κ1) is 22.7. The topological polar surface area (TPSA) is 167 Å². The van der Waals surface area contributed by atoms with E-state index in [-0.39, 0.29) is 22.4 Å². The number of aromatic nitrogens is 3. The normalized spacial score (nSPS) is 20.2. The summed E-state index contributed by atoms with van der Waals surface area (Å²) in [5, 5.41) is 17.7. The molecule has 2 amide bonds. The minimum absolute atomic E-state index is 0.0375. The van der Waals surface area contributed by atoms with Crippen LogP contribution in [0.25, 0.3) is 0 Å². The van der Waals surface area contributed by atoms with Gasteiger partial charge >= 0.3 is 0 Å². The number of β-lactam (4-membered cyclic amide) rings is 1. The summed E-state index contributed by atoms with van der Waals surface area (Å²) in [4.78, 5) is 47.3. The summed E-state index contributed by atoms with van der Waals surface area (Å²) in [5.41, 5.74) is 6.77. The van der Waals surface area contributed by atoms with E-state index in [1.165, 1.54) is 18.9 Å². The first-order chi connectivity index (χ1) is 15.8. The number of pyridine rings is 1. The lowest BCUT2D eigenvalue weighted by Crippen LogP contribution is -2.71. The molecule has 0 spiro atoms. The van der Waals surface area contributed by atoms with E-state index in [2.05, 4.69) is 19.8 Å². The molecule has 2 aromatic rings. The number of rotatable bonds is 7. The van der Waals surface area contributed by atoms with E-state index >= 15 is 0 Å². The van der Waals surface area contributed by atoms with Crippen LogP contribution in [0.4, 0.5) is 5.13 Å². The van der Waals surface area contributed by atoms with Crippen molar-refractivity contribution in [2.75, 3.05) is 18.6 Å². The van der Waals surface area contributed by atoms with E-state index in [4.69, 9.17) is 10.6 Å². The number of aliphatic carboxylic acids is 1. The Hall–Kier alpha value is -3.52. The van der Waals surface area contributed by atoms with Crippen LogP contribution in [0.15, 0.2) is 41.0 Å². The van der Waals surface area contributed by atoms with E-state index in [1.54, 1.807) is 0 Å². The minimum atomic E-state index is -1.44. The Labute approximate surface area is 196 Å². The number of oxime groups is 1. The number of thioether (sulfide) groups is 1. The number of nitrogens with one attached hydrogen (secondary N) is 1. The number of carbonyl (C=O) groups excluding carboxylic acids is 3. The second-order valence-electron chi connectivity index (χ2n) is 7.23. The van der Waals surface area contributed by atoms with Gasteiger partial charge in [-0.2, -0.15) is 9.36 Å². The molecule has 1 saturated heterocycles. The fourth-order valence-electron chi connectivity index (χ4n) is 3.47. The maximum atomic E-state index is 12.9.